The highest BCUT2D eigenvalue weighted by Gasteiger charge is 2.47. The van der Waals surface area contributed by atoms with Crippen LogP contribution >= 0.6 is 16.0 Å². The molecule has 2 aliphatic rings. The summed E-state index contributed by atoms with van der Waals surface area (Å²) >= 11 is 0. The van der Waals surface area contributed by atoms with E-state index in [0.717, 1.165) is 32.1 Å². The van der Waals surface area contributed by atoms with E-state index in [1.54, 1.807) is 0 Å². The minimum absolute atomic E-state index is 0.431. The second kappa shape index (κ2) is 7.63. The highest BCUT2D eigenvalue weighted by Crippen LogP contribution is 2.53. The number of hydrogen-bond acceptors (Lipinski definition) is 5. The van der Waals surface area contributed by atoms with E-state index in [9.17, 15) is 14.2 Å². The van der Waals surface area contributed by atoms with Gasteiger partial charge in [-0.3, -0.25) is 9.09 Å². The van der Waals surface area contributed by atoms with Gasteiger partial charge in [-0.05, 0) is 64.2 Å². The van der Waals surface area contributed by atoms with Gasteiger partial charge in [0, 0.05) is 0 Å². The quantitative estimate of drug-likeness (QED) is 0.383. The summed E-state index contributed by atoms with van der Waals surface area (Å²) in [4.78, 5) is 17.9. The largest absolute Gasteiger partial charge is 0.400 e. The molecule has 8 nitrogen and oxygen atoms in total. The third-order valence-corrected chi connectivity index (χ3v) is 5.84. The zero-order chi connectivity index (χ0) is 17.1. The lowest BCUT2D eigenvalue weighted by molar-refractivity contribution is 0.112. The van der Waals surface area contributed by atoms with Crippen molar-refractivity contribution in [3.05, 3.63) is 0 Å². The van der Waals surface area contributed by atoms with Crippen LogP contribution < -0.4 is 5.50 Å². The SMILES string of the molecule is NP(=O)(O)OC1(CCCC(O)CCCC2(O[PH](=O)O)CC2)CC1. The van der Waals surface area contributed by atoms with E-state index >= 15 is 0 Å². The van der Waals surface area contributed by atoms with E-state index < -0.39 is 33.3 Å². The van der Waals surface area contributed by atoms with Gasteiger partial charge in [-0.15, -0.1) is 0 Å². The first-order valence-corrected chi connectivity index (χ1v) is 11.0. The molecule has 0 aromatic heterocycles. The van der Waals surface area contributed by atoms with E-state index in [4.69, 9.17) is 24.3 Å². The molecule has 2 saturated carbocycles. The molecule has 0 amide bonds. The molecule has 0 bridgehead atoms. The number of aliphatic hydroxyl groups excluding tert-OH is 1. The van der Waals surface area contributed by atoms with Crippen LogP contribution in [-0.2, 0) is 18.2 Å². The maximum atomic E-state index is 11.1. The minimum Gasteiger partial charge on any atom is -0.393 e. The van der Waals surface area contributed by atoms with Gasteiger partial charge in [0.05, 0.1) is 17.3 Å². The van der Waals surface area contributed by atoms with Crippen LogP contribution in [0.1, 0.15) is 64.2 Å². The van der Waals surface area contributed by atoms with Crippen molar-refractivity contribution in [1.82, 2.24) is 0 Å². The first-order valence-electron chi connectivity index (χ1n) is 8.06. The van der Waals surface area contributed by atoms with Crippen molar-refractivity contribution in [1.29, 1.82) is 0 Å². The smallest absolute Gasteiger partial charge is 0.393 e. The Morgan fingerprint density at radius 3 is 2.00 bits per heavy atom. The second-order valence-electron chi connectivity index (χ2n) is 6.83. The Hall–Kier alpha value is 0.220. The fraction of sp³-hybridized carbons (Fsp3) is 1.00. The van der Waals surface area contributed by atoms with Crippen molar-refractivity contribution in [2.45, 2.75) is 81.5 Å². The first kappa shape index (κ1) is 19.5. The van der Waals surface area contributed by atoms with Crippen molar-refractivity contribution in [2.24, 2.45) is 5.50 Å². The summed E-state index contributed by atoms with van der Waals surface area (Å²) in [6, 6.07) is 0. The summed E-state index contributed by atoms with van der Waals surface area (Å²) in [5.74, 6) is 0. The molecule has 10 heteroatoms. The molecule has 0 saturated heterocycles. The van der Waals surface area contributed by atoms with Gasteiger partial charge in [0.2, 0.25) is 0 Å². The lowest BCUT2D eigenvalue weighted by Gasteiger charge is -2.19. The molecule has 0 radical (unpaired) electrons. The molecule has 0 heterocycles. The summed E-state index contributed by atoms with van der Waals surface area (Å²) in [7, 11) is -6.85. The molecular formula is C13H27NO7P2. The van der Waals surface area contributed by atoms with Crippen LogP contribution in [0.5, 0.6) is 0 Å². The molecule has 0 aliphatic heterocycles. The van der Waals surface area contributed by atoms with E-state index in [-0.39, 0.29) is 0 Å². The molecular weight excluding hydrogens is 344 g/mol. The van der Waals surface area contributed by atoms with Crippen molar-refractivity contribution >= 4 is 16.0 Å². The minimum atomic E-state index is -3.95. The van der Waals surface area contributed by atoms with Crippen LogP contribution in [0.2, 0.25) is 0 Å². The Balaban J connectivity index is 1.56. The maximum Gasteiger partial charge on any atom is 0.400 e. The van der Waals surface area contributed by atoms with Crippen molar-refractivity contribution < 1.29 is 33.1 Å². The number of rotatable bonds is 12. The Bertz CT molecular complexity index is 473. The fourth-order valence-corrected chi connectivity index (χ4v) is 4.50. The molecule has 2 rings (SSSR count). The molecule has 2 fully saturated rings. The summed E-state index contributed by atoms with van der Waals surface area (Å²) in [5.41, 5.74) is 4.03. The highest BCUT2D eigenvalue weighted by atomic mass is 31.2. The third-order valence-electron chi connectivity index (χ3n) is 4.58. The highest BCUT2D eigenvalue weighted by molar-refractivity contribution is 7.50. The van der Waals surface area contributed by atoms with Crippen LogP contribution in [0, 0.1) is 0 Å². The summed E-state index contributed by atoms with van der Waals surface area (Å²) < 4.78 is 31.9. The Labute approximate surface area is 136 Å². The normalized spacial score (nSPS) is 26.3. The maximum absolute atomic E-state index is 11.1. The van der Waals surface area contributed by atoms with Gasteiger partial charge in [-0.1, -0.05) is 0 Å². The molecule has 3 atom stereocenters. The molecule has 5 N–H and O–H groups in total. The standard InChI is InChI=1S/C13H27NO7P2/c14-23(18,19)21-13(9-10-13)6-2-4-11(15)3-1-5-12(7-8-12)20-22(16)17/h11,15,22H,1-10H2,(H,16,17)(H3,14,18,19). The van der Waals surface area contributed by atoms with Gasteiger partial charge in [0.25, 0.3) is 0 Å². The lowest BCUT2D eigenvalue weighted by atomic mass is 10.0. The monoisotopic (exact) mass is 371 g/mol. The zero-order valence-corrected chi connectivity index (χ0v) is 15.0. The van der Waals surface area contributed by atoms with Gasteiger partial charge in [-0.25, -0.2) is 10.1 Å². The lowest BCUT2D eigenvalue weighted by Crippen LogP contribution is -2.17. The topological polar surface area (TPSA) is 139 Å². The number of hydrogen-bond donors (Lipinski definition) is 4. The molecule has 0 aromatic rings. The first-order chi connectivity index (χ1) is 10.6. The van der Waals surface area contributed by atoms with Crippen molar-refractivity contribution in [3.63, 3.8) is 0 Å². The summed E-state index contributed by atoms with van der Waals surface area (Å²) in [5, 5.41) is 9.98. The molecule has 0 spiro atoms. The summed E-state index contributed by atoms with van der Waals surface area (Å²) in [6.07, 6.45) is 6.57. The average Bonchev–Trinajstić information content (AvgIpc) is 3.27. The Kier molecular flexibility index (Phi) is 6.48. The van der Waals surface area contributed by atoms with Gasteiger partial charge in [0.15, 0.2) is 0 Å². The summed E-state index contributed by atoms with van der Waals surface area (Å²) in [6.45, 7) is 0. The molecule has 3 unspecified atom stereocenters. The molecule has 2 aliphatic carbocycles. The van der Waals surface area contributed by atoms with Crippen LogP contribution in [0.4, 0.5) is 0 Å². The predicted molar refractivity (Wildman–Crippen MR) is 85.0 cm³/mol. The van der Waals surface area contributed by atoms with Crippen LogP contribution in [0.15, 0.2) is 0 Å². The van der Waals surface area contributed by atoms with Crippen molar-refractivity contribution in [2.75, 3.05) is 0 Å². The van der Waals surface area contributed by atoms with Crippen LogP contribution in [0.3, 0.4) is 0 Å². The Morgan fingerprint density at radius 1 is 1.13 bits per heavy atom. The average molecular weight is 371 g/mol. The molecule has 0 aromatic carbocycles. The third kappa shape index (κ3) is 7.32. The zero-order valence-electron chi connectivity index (χ0n) is 13.1. The molecule has 23 heavy (non-hydrogen) atoms. The van der Waals surface area contributed by atoms with Gasteiger partial charge >= 0.3 is 16.0 Å². The van der Waals surface area contributed by atoms with Gasteiger partial charge in [-0.2, -0.15) is 0 Å². The fourth-order valence-electron chi connectivity index (χ4n) is 3.00. The van der Waals surface area contributed by atoms with E-state index in [2.05, 4.69) is 0 Å². The van der Waals surface area contributed by atoms with E-state index in [1.165, 1.54) is 0 Å². The van der Waals surface area contributed by atoms with E-state index in [1.807, 2.05) is 0 Å². The van der Waals surface area contributed by atoms with Gasteiger partial charge in [0.1, 0.15) is 0 Å². The predicted octanol–water partition coefficient (Wildman–Crippen LogP) is 2.23. The van der Waals surface area contributed by atoms with Crippen molar-refractivity contribution in [3.8, 4) is 0 Å². The Morgan fingerprint density at radius 2 is 1.61 bits per heavy atom. The van der Waals surface area contributed by atoms with Crippen LogP contribution in [-0.4, -0.2) is 32.2 Å². The van der Waals surface area contributed by atoms with E-state index in [0.29, 0.717) is 32.1 Å². The van der Waals surface area contributed by atoms with Crippen LogP contribution in [0.25, 0.3) is 0 Å². The number of aliphatic hydroxyl groups is 1. The second-order valence-corrected chi connectivity index (χ2v) is 8.87. The number of nitrogens with two attached hydrogens (primary N) is 1. The van der Waals surface area contributed by atoms with Gasteiger partial charge < -0.3 is 19.4 Å². The molecule has 136 valence electrons.